The first-order valence-electron chi connectivity index (χ1n) is 7.04. The SMILES string of the molecule is Nc1ccc(O)cc1C=CC(=O)Nc1ccc(CC(N)O)cc1. The van der Waals surface area contributed by atoms with Crippen LogP contribution in [0.5, 0.6) is 5.75 Å². The maximum Gasteiger partial charge on any atom is 0.248 e. The summed E-state index contributed by atoms with van der Waals surface area (Å²) in [6.07, 6.45) is 2.32. The molecule has 23 heavy (non-hydrogen) atoms. The van der Waals surface area contributed by atoms with E-state index in [1.54, 1.807) is 30.3 Å². The predicted octanol–water partition coefficient (Wildman–Crippen LogP) is 1.45. The fraction of sp³-hybridized carbons (Fsp3) is 0.118. The van der Waals surface area contributed by atoms with Crippen LogP contribution in [0.25, 0.3) is 6.08 Å². The number of aliphatic hydroxyl groups excluding tert-OH is 1. The zero-order valence-electron chi connectivity index (χ0n) is 12.4. The van der Waals surface area contributed by atoms with Crippen molar-refractivity contribution in [2.75, 3.05) is 11.1 Å². The third-order valence-corrected chi connectivity index (χ3v) is 3.15. The van der Waals surface area contributed by atoms with E-state index in [1.807, 2.05) is 0 Å². The van der Waals surface area contributed by atoms with Gasteiger partial charge in [0, 0.05) is 29.4 Å². The van der Waals surface area contributed by atoms with Gasteiger partial charge in [0.05, 0.1) is 0 Å². The molecule has 1 unspecified atom stereocenters. The second-order valence-corrected chi connectivity index (χ2v) is 5.10. The Labute approximate surface area is 134 Å². The highest BCUT2D eigenvalue weighted by atomic mass is 16.3. The van der Waals surface area contributed by atoms with Gasteiger partial charge in [-0.15, -0.1) is 0 Å². The van der Waals surface area contributed by atoms with E-state index in [9.17, 15) is 9.90 Å². The molecular formula is C17H19N3O3. The summed E-state index contributed by atoms with van der Waals surface area (Å²) in [5.41, 5.74) is 13.6. The summed E-state index contributed by atoms with van der Waals surface area (Å²) in [6, 6.07) is 11.5. The lowest BCUT2D eigenvalue weighted by Gasteiger charge is -2.06. The molecule has 2 rings (SSSR count). The van der Waals surface area contributed by atoms with Crippen LogP contribution in [0, 0.1) is 0 Å². The van der Waals surface area contributed by atoms with E-state index in [-0.39, 0.29) is 11.7 Å². The van der Waals surface area contributed by atoms with Crippen molar-refractivity contribution in [3.63, 3.8) is 0 Å². The number of benzene rings is 2. The van der Waals surface area contributed by atoms with Crippen LogP contribution in [-0.2, 0) is 11.2 Å². The molecule has 6 nitrogen and oxygen atoms in total. The van der Waals surface area contributed by atoms with E-state index in [4.69, 9.17) is 16.6 Å². The zero-order chi connectivity index (χ0) is 16.8. The molecule has 6 heteroatoms. The zero-order valence-corrected chi connectivity index (χ0v) is 12.4. The summed E-state index contributed by atoms with van der Waals surface area (Å²) in [5.74, 6) is -0.240. The molecule has 0 spiro atoms. The highest BCUT2D eigenvalue weighted by molar-refractivity contribution is 6.02. The minimum atomic E-state index is -0.897. The lowest BCUT2D eigenvalue weighted by molar-refractivity contribution is -0.111. The van der Waals surface area contributed by atoms with Crippen LogP contribution in [-0.4, -0.2) is 22.3 Å². The van der Waals surface area contributed by atoms with Crippen LogP contribution < -0.4 is 16.8 Å². The number of phenols is 1. The third kappa shape index (κ3) is 5.14. The smallest absolute Gasteiger partial charge is 0.248 e. The molecule has 0 aliphatic carbocycles. The Morgan fingerprint density at radius 2 is 1.91 bits per heavy atom. The van der Waals surface area contributed by atoms with Gasteiger partial charge < -0.3 is 27.0 Å². The quantitative estimate of drug-likeness (QED) is 0.247. The molecule has 2 aromatic rings. The van der Waals surface area contributed by atoms with Crippen LogP contribution >= 0.6 is 0 Å². The Balaban J connectivity index is 1.99. The number of amides is 1. The van der Waals surface area contributed by atoms with E-state index in [1.165, 1.54) is 24.3 Å². The summed E-state index contributed by atoms with van der Waals surface area (Å²) in [7, 11) is 0. The Hall–Kier alpha value is -2.83. The first-order chi connectivity index (χ1) is 10.9. The Bertz CT molecular complexity index is 710. The highest BCUT2D eigenvalue weighted by Gasteiger charge is 2.02. The lowest BCUT2D eigenvalue weighted by atomic mass is 10.1. The maximum absolute atomic E-state index is 11.9. The van der Waals surface area contributed by atoms with Crippen molar-refractivity contribution < 1.29 is 15.0 Å². The average molecular weight is 313 g/mol. The number of aromatic hydroxyl groups is 1. The van der Waals surface area contributed by atoms with Crippen molar-refractivity contribution in [2.45, 2.75) is 12.6 Å². The molecule has 1 atom stereocenters. The van der Waals surface area contributed by atoms with E-state index < -0.39 is 6.23 Å². The van der Waals surface area contributed by atoms with Crippen LogP contribution in [0.15, 0.2) is 48.5 Å². The molecule has 120 valence electrons. The van der Waals surface area contributed by atoms with Gasteiger partial charge in [-0.1, -0.05) is 12.1 Å². The second-order valence-electron chi connectivity index (χ2n) is 5.10. The molecule has 0 heterocycles. The number of carbonyl (C=O) groups is 1. The first-order valence-corrected chi connectivity index (χ1v) is 7.04. The van der Waals surface area contributed by atoms with Gasteiger partial charge in [0.25, 0.3) is 0 Å². The van der Waals surface area contributed by atoms with Crippen molar-refractivity contribution >= 4 is 23.4 Å². The Morgan fingerprint density at radius 3 is 2.57 bits per heavy atom. The van der Waals surface area contributed by atoms with Crippen molar-refractivity contribution in [1.82, 2.24) is 0 Å². The second kappa shape index (κ2) is 7.44. The number of phenolic OH excluding ortho intramolecular Hbond substituents is 1. The lowest BCUT2D eigenvalue weighted by Crippen LogP contribution is -2.21. The topological polar surface area (TPSA) is 122 Å². The van der Waals surface area contributed by atoms with Gasteiger partial charge in [0.15, 0.2) is 0 Å². The van der Waals surface area contributed by atoms with Crippen LogP contribution in [0.2, 0.25) is 0 Å². The van der Waals surface area contributed by atoms with Gasteiger partial charge >= 0.3 is 0 Å². The van der Waals surface area contributed by atoms with Crippen molar-refractivity contribution in [3.05, 3.63) is 59.7 Å². The fourth-order valence-electron chi connectivity index (χ4n) is 2.02. The van der Waals surface area contributed by atoms with Crippen LogP contribution in [0.3, 0.4) is 0 Å². The van der Waals surface area contributed by atoms with E-state index in [0.717, 1.165) is 5.56 Å². The van der Waals surface area contributed by atoms with Gasteiger partial charge in [0.1, 0.15) is 12.0 Å². The molecule has 0 saturated heterocycles. The summed E-state index contributed by atoms with van der Waals surface area (Å²) >= 11 is 0. The number of rotatable bonds is 5. The largest absolute Gasteiger partial charge is 0.508 e. The third-order valence-electron chi connectivity index (χ3n) is 3.15. The van der Waals surface area contributed by atoms with Gasteiger partial charge in [-0.3, -0.25) is 4.79 Å². The monoisotopic (exact) mass is 313 g/mol. The summed E-state index contributed by atoms with van der Waals surface area (Å²) in [5, 5.41) is 21.2. The molecule has 0 saturated carbocycles. The van der Waals surface area contributed by atoms with Crippen molar-refractivity contribution in [1.29, 1.82) is 0 Å². The highest BCUT2D eigenvalue weighted by Crippen LogP contribution is 2.19. The summed E-state index contributed by atoms with van der Waals surface area (Å²) in [6.45, 7) is 0. The Kier molecular flexibility index (Phi) is 5.35. The maximum atomic E-state index is 11.9. The average Bonchev–Trinajstić information content (AvgIpc) is 2.50. The van der Waals surface area contributed by atoms with Crippen molar-refractivity contribution in [2.24, 2.45) is 5.73 Å². The van der Waals surface area contributed by atoms with E-state index >= 15 is 0 Å². The number of hydrogen-bond acceptors (Lipinski definition) is 5. The number of hydrogen-bond donors (Lipinski definition) is 5. The number of anilines is 2. The molecule has 0 radical (unpaired) electrons. The summed E-state index contributed by atoms with van der Waals surface area (Å²) in [4.78, 5) is 11.9. The standard InChI is InChI=1S/C17H19N3O3/c18-15-7-6-14(21)10-12(15)3-8-17(23)20-13-4-1-11(2-5-13)9-16(19)22/h1-8,10,16,21-22H,9,18-19H2,(H,20,23). The summed E-state index contributed by atoms with van der Waals surface area (Å²) < 4.78 is 0. The molecule has 1 amide bonds. The number of carbonyl (C=O) groups excluding carboxylic acids is 1. The fourth-order valence-corrected chi connectivity index (χ4v) is 2.02. The molecular weight excluding hydrogens is 294 g/mol. The van der Waals surface area contributed by atoms with Gasteiger partial charge in [0.2, 0.25) is 5.91 Å². The number of aliphatic hydroxyl groups is 1. The minimum absolute atomic E-state index is 0.0805. The first kappa shape index (κ1) is 16.5. The molecule has 0 fully saturated rings. The number of nitrogens with one attached hydrogen (secondary N) is 1. The molecule has 0 aliphatic heterocycles. The van der Waals surface area contributed by atoms with Gasteiger partial charge in [-0.2, -0.15) is 0 Å². The van der Waals surface area contributed by atoms with Crippen molar-refractivity contribution in [3.8, 4) is 5.75 Å². The minimum Gasteiger partial charge on any atom is -0.508 e. The van der Waals surface area contributed by atoms with Crippen LogP contribution in [0.1, 0.15) is 11.1 Å². The van der Waals surface area contributed by atoms with Gasteiger partial charge in [-0.25, -0.2) is 0 Å². The normalized spacial score (nSPS) is 12.3. The van der Waals surface area contributed by atoms with Gasteiger partial charge in [-0.05, 0) is 42.0 Å². The molecule has 2 aromatic carbocycles. The Morgan fingerprint density at radius 1 is 1.22 bits per heavy atom. The molecule has 0 aliphatic rings. The molecule has 7 N–H and O–H groups in total. The number of nitrogen functional groups attached to an aromatic ring is 1. The van der Waals surface area contributed by atoms with E-state index in [2.05, 4.69) is 5.32 Å². The predicted molar refractivity (Wildman–Crippen MR) is 90.5 cm³/mol. The van der Waals surface area contributed by atoms with E-state index in [0.29, 0.717) is 23.4 Å². The van der Waals surface area contributed by atoms with Crippen LogP contribution in [0.4, 0.5) is 11.4 Å². The number of nitrogens with two attached hydrogens (primary N) is 2. The molecule has 0 aromatic heterocycles. The molecule has 0 bridgehead atoms.